The first kappa shape index (κ1) is 15.4. The van der Waals surface area contributed by atoms with Gasteiger partial charge in [-0.05, 0) is 43.9 Å². The van der Waals surface area contributed by atoms with Crippen LogP contribution in [-0.4, -0.2) is 12.1 Å². The quantitative estimate of drug-likeness (QED) is 0.783. The summed E-state index contributed by atoms with van der Waals surface area (Å²) in [5.74, 6) is 2.20. The first-order valence-electron chi connectivity index (χ1n) is 8.02. The van der Waals surface area contributed by atoms with Crippen LogP contribution >= 0.6 is 0 Å². The molecule has 2 aliphatic rings. The summed E-state index contributed by atoms with van der Waals surface area (Å²) >= 11 is 0. The van der Waals surface area contributed by atoms with Gasteiger partial charge in [0.1, 0.15) is 6.10 Å². The van der Waals surface area contributed by atoms with E-state index in [9.17, 15) is 0 Å². The van der Waals surface area contributed by atoms with E-state index >= 15 is 0 Å². The van der Waals surface area contributed by atoms with Gasteiger partial charge in [0.05, 0.1) is 5.76 Å². The second-order valence-electron chi connectivity index (χ2n) is 6.60. The molecule has 2 nitrogen and oxygen atoms in total. The molecule has 0 aromatic rings. The molecule has 0 radical (unpaired) electrons. The first-order chi connectivity index (χ1) is 9.56. The molecule has 1 aliphatic heterocycles. The fourth-order valence-electron chi connectivity index (χ4n) is 3.15. The molecule has 0 bridgehead atoms. The van der Waals surface area contributed by atoms with Crippen LogP contribution in [0.2, 0.25) is 0 Å². The molecule has 1 saturated heterocycles. The van der Waals surface area contributed by atoms with Crippen LogP contribution in [0.25, 0.3) is 0 Å². The Balaban J connectivity index is 1.90. The lowest BCUT2D eigenvalue weighted by Crippen LogP contribution is -2.36. The van der Waals surface area contributed by atoms with Crippen molar-refractivity contribution in [1.82, 2.24) is 0 Å². The lowest BCUT2D eigenvalue weighted by Gasteiger charge is -2.28. The third-order valence-corrected chi connectivity index (χ3v) is 4.59. The summed E-state index contributed by atoms with van der Waals surface area (Å²) in [7, 11) is 0. The smallest absolute Gasteiger partial charge is 0.114 e. The summed E-state index contributed by atoms with van der Waals surface area (Å²) < 4.78 is 5.75. The van der Waals surface area contributed by atoms with Crippen molar-refractivity contribution in [1.29, 1.82) is 0 Å². The predicted octanol–water partition coefficient (Wildman–Crippen LogP) is 4.34. The molecule has 0 amide bonds. The van der Waals surface area contributed by atoms with Gasteiger partial charge in [-0.15, -0.1) is 0 Å². The van der Waals surface area contributed by atoms with E-state index in [1.54, 1.807) is 0 Å². The SMILES string of the molecule is C=C1CC[C@@H]([C@@H](N)CC(CC2=CCCC=C2)C(C)C)O1. The van der Waals surface area contributed by atoms with Crippen LogP contribution in [0.3, 0.4) is 0 Å². The zero-order valence-corrected chi connectivity index (χ0v) is 13.0. The molecule has 0 saturated carbocycles. The Morgan fingerprint density at radius 1 is 1.40 bits per heavy atom. The van der Waals surface area contributed by atoms with Gasteiger partial charge in [-0.3, -0.25) is 0 Å². The third kappa shape index (κ3) is 4.24. The zero-order valence-electron chi connectivity index (χ0n) is 13.0. The predicted molar refractivity (Wildman–Crippen MR) is 85.2 cm³/mol. The molecule has 2 N–H and O–H groups in total. The second-order valence-corrected chi connectivity index (χ2v) is 6.60. The second kappa shape index (κ2) is 7.12. The van der Waals surface area contributed by atoms with Crippen molar-refractivity contribution in [3.63, 3.8) is 0 Å². The van der Waals surface area contributed by atoms with Crippen molar-refractivity contribution in [3.8, 4) is 0 Å². The minimum absolute atomic E-state index is 0.134. The first-order valence-corrected chi connectivity index (χ1v) is 8.02. The number of hydrogen-bond acceptors (Lipinski definition) is 2. The third-order valence-electron chi connectivity index (χ3n) is 4.59. The Morgan fingerprint density at radius 2 is 2.20 bits per heavy atom. The van der Waals surface area contributed by atoms with Crippen molar-refractivity contribution in [2.45, 2.75) is 64.5 Å². The van der Waals surface area contributed by atoms with E-state index in [-0.39, 0.29) is 12.1 Å². The van der Waals surface area contributed by atoms with Gasteiger partial charge < -0.3 is 10.5 Å². The Morgan fingerprint density at radius 3 is 2.75 bits per heavy atom. The molecule has 1 unspecified atom stereocenters. The van der Waals surface area contributed by atoms with Gasteiger partial charge in [-0.2, -0.15) is 0 Å². The summed E-state index contributed by atoms with van der Waals surface area (Å²) in [6, 6.07) is 0.134. The van der Waals surface area contributed by atoms with Gasteiger partial charge in [-0.1, -0.05) is 44.2 Å². The normalized spacial score (nSPS) is 25.5. The van der Waals surface area contributed by atoms with Gasteiger partial charge in [-0.25, -0.2) is 0 Å². The number of ether oxygens (including phenoxy) is 1. The maximum atomic E-state index is 6.38. The van der Waals surface area contributed by atoms with Gasteiger partial charge in [0.25, 0.3) is 0 Å². The lowest BCUT2D eigenvalue weighted by atomic mass is 9.82. The zero-order chi connectivity index (χ0) is 14.5. The summed E-state index contributed by atoms with van der Waals surface area (Å²) in [4.78, 5) is 0. The van der Waals surface area contributed by atoms with Gasteiger partial charge >= 0.3 is 0 Å². The van der Waals surface area contributed by atoms with Crippen LogP contribution in [0.4, 0.5) is 0 Å². The molecule has 1 aliphatic carbocycles. The van der Waals surface area contributed by atoms with Crippen molar-refractivity contribution in [3.05, 3.63) is 36.1 Å². The van der Waals surface area contributed by atoms with Crippen LogP contribution in [0.1, 0.15) is 52.4 Å². The molecule has 0 aromatic heterocycles. The molecule has 112 valence electrons. The van der Waals surface area contributed by atoms with Crippen LogP contribution in [0, 0.1) is 11.8 Å². The molecular formula is C18H29NO. The molecule has 3 atom stereocenters. The fraction of sp³-hybridized carbons (Fsp3) is 0.667. The van der Waals surface area contributed by atoms with E-state index in [1.165, 1.54) is 18.4 Å². The number of rotatable bonds is 6. The Kier molecular flexibility index (Phi) is 5.47. The highest BCUT2D eigenvalue weighted by molar-refractivity contribution is 5.22. The van der Waals surface area contributed by atoms with Crippen molar-refractivity contribution < 1.29 is 4.74 Å². The van der Waals surface area contributed by atoms with Crippen LogP contribution < -0.4 is 5.73 Å². The molecule has 0 aromatic carbocycles. The lowest BCUT2D eigenvalue weighted by molar-refractivity contribution is 0.119. The van der Waals surface area contributed by atoms with E-state index in [4.69, 9.17) is 10.5 Å². The van der Waals surface area contributed by atoms with E-state index in [0.29, 0.717) is 11.8 Å². The molecule has 20 heavy (non-hydrogen) atoms. The molecule has 1 fully saturated rings. The highest BCUT2D eigenvalue weighted by Crippen LogP contribution is 2.31. The maximum absolute atomic E-state index is 6.38. The fourth-order valence-corrected chi connectivity index (χ4v) is 3.15. The number of nitrogens with two attached hydrogens (primary N) is 1. The van der Waals surface area contributed by atoms with E-state index in [0.717, 1.165) is 31.4 Å². The Labute approximate surface area is 123 Å². The monoisotopic (exact) mass is 275 g/mol. The average Bonchev–Trinajstić information content (AvgIpc) is 2.86. The topological polar surface area (TPSA) is 35.2 Å². The summed E-state index contributed by atoms with van der Waals surface area (Å²) in [5.41, 5.74) is 7.87. The van der Waals surface area contributed by atoms with Crippen LogP contribution in [0.5, 0.6) is 0 Å². The van der Waals surface area contributed by atoms with E-state index in [2.05, 4.69) is 38.7 Å². The largest absolute Gasteiger partial charge is 0.494 e. The molecule has 0 spiro atoms. The van der Waals surface area contributed by atoms with Crippen molar-refractivity contribution in [2.75, 3.05) is 0 Å². The molecule has 2 rings (SSSR count). The highest BCUT2D eigenvalue weighted by Gasteiger charge is 2.28. The number of hydrogen-bond donors (Lipinski definition) is 1. The number of allylic oxidation sites excluding steroid dienone is 5. The minimum Gasteiger partial charge on any atom is -0.494 e. The van der Waals surface area contributed by atoms with Crippen LogP contribution in [-0.2, 0) is 4.74 Å². The van der Waals surface area contributed by atoms with Crippen LogP contribution in [0.15, 0.2) is 36.1 Å². The van der Waals surface area contributed by atoms with E-state index < -0.39 is 0 Å². The Hall–Kier alpha value is -1.02. The summed E-state index contributed by atoms with van der Waals surface area (Å²) in [5, 5.41) is 0. The summed E-state index contributed by atoms with van der Waals surface area (Å²) in [6.07, 6.45) is 13.7. The maximum Gasteiger partial charge on any atom is 0.114 e. The minimum atomic E-state index is 0.134. The van der Waals surface area contributed by atoms with Crippen molar-refractivity contribution >= 4 is 0 Å². The summed E-state index contributed by atoms with van der Waals surface area (Å²) in [6.45, 7) is 8.51. The molecule has 2 heteroatoms. The molecule has 1 heterocycles. The standard InChI is InChI=1S/C18H29NO/c1-13(2)16(11-15-7-5-4-6-8-15)12-17(19)18-10-9-14(3)20-18/h5,7-8,13,16-18H,3-4,6,9-12,19H2,1-2H3/t16?,17-,18-/m0/s1. The average molecular weight is 275 g/mol. The van der Waals surface area contributed by atoms with E-state index in [1.807, 2.05) is 0 Å². The van der Waals surface area contributed by atoms with Crippen molar-refractivity contribution in [2.24, 2.45) is 17.6 Å². The van der Waals surface area contributed by atoms with Gasteiger partial charge in [0.2, 0.25) is 0 Å². The highest BCUT2D eigenvalue weighted by atomic mass is 16.5. The molecular weight excluding hydrogens is 246 g/mol. The Bertz CT molecular complexity index is 394. The van der Waals surface area contributed by atoms with Gasteiger partial charge in [0, 0.05) is 12.5 Å². The van der Waals surface area contributed by atoms with Gasteiger partial charge in [0.15, 0.2) is 0 Å².